The molecule has 1 aromatic rings. The minimum Gasteiger partial charge on any atom is -0.481 e. The molecule has 1 atom stereocenters. The van der Waals surface area contributed by atoms with Crippen molar-refractivity contribution in [1.82, 2.24) is 0 Å². The zero-order valence-corrected chi connectivity index (χ0v) is 9.98. The lowest BCUT2D eigenvalue weighted by Gasteiger charge is -2.10. The van der Waals surface area contributed by atoms with Gasteiger partial charge in [0.2, 0.25) is 0 Å². The van der Waals surface area contributed by atoms with Crippen LogP contribution in [0.3, 0.4) is 0 Å². The molecular formula is C11H13IO2. The van der Waals surface area contributed by atoms with Gasteiger partial charge in [0.05, 0.1) is 5.92 Å². The van der Waals surface area contributed by atoms with E-state index in [0.717, 1.165) is 16.4 Å². The van der Waals surface area contributed by atoms with Gasteiger partial charge in [-0.15, -0.1) is 0 Å². The number of carboxylic acids is 1. The maximum atomic E-state index is 10.9. The van der Waals surface area contributed by atoms with Gasteiger partial charge in [-0.2, -0.15) is 0 Å². The molecule has 1 rings (SSSR count). The number of hydrogen-bond acceptors (Lipinski definition) is 1. The van der Waals surface area contributed by atoms with Crippen LogP contribution in [0.1, 0.15) is 12.0 Å². The number of alkyl halides is 1. The Morgan fingerprint density at radius 1 is 1.36 bits per heavy atom. The molecule has 2 nitrogen and oxygen atoms in total. The molecule has 0 radical (unpaired) electrons. The second-order valence-corrected chi connectivity index (χ2v) is 4.28. The molecule has 0 fully saturated rings. The van der Waals surface area contributed by atoms with E-state index >= 15 is 0 Å². The van der Waals surface area contributed by atoms with Crippen molar-refractivity contribution >= 4 is 28.6 Å². The molecule has 3 heteroatoms. The normalized spacial score (nSPS) is 12.4. The fourth-order valence-corrected chi connectivity index (χ4v) is 2.09. The summed E-state index contributed by atoms with van der Waals surface area (Å²) in [5.41, 5.74) is 1.10. The standard InChI is InChI=1S/C11H13IO2/c12-7-6-10(11(13)14)8-9-4-2-1-3-5-9/h1-5,10H,6-8H2,(H,13,14)/t10-/m1/s1. The van der Waals surface area contributed by atoms with Gasteiger partial charge in [-0.25, -0.2) is 0 Å². The number of benzene rings is 1. The van der Waals surface area contributed by atoms with E-state index in [-0.39, 0.29) is 5.92 Å². The van der Waals surface area contributed by atoms with Gasteiger partial charge in [0.15, 0.2) is 0 Å². The van der Waals surface area contributed by atoms with Crippen molar-refractivity contribution in [2.45, 2.75) is 12.8 Å². The fourth-order valence-electron chi connectivity index (χ4n) is 1.34. The molecule has 0 amide bonds. The molecule has 76 valence electrons. The van der Waals surface area contributed by atoms with Gasteiger partial charge in [0.1, 0.15) is 0 Å². The average molecular weight is 304 g/mol. The van der Waals surface area contributed by atoms with Gasteiger partial charge >= 0.3 is 5.97 Å². The summed E-state index contributed by atoms with van der Waals surface area (Å²) < 4.78 is 0.890. The maximum Gasteiger partial charge on any atom is 0.306 e. The number of rotatable bonds is 5. The van der Waals surface area contributed by atoms with Crippen LogP contribution in [-0.4, -0.2) is 15.5 Å². The lowest BCUT2D eigenvalue weighted by atomic mass is 9.97. The number of carbonyl (C=O) groups is 1. The third-order valence-corrected chi connectivity index (χ3v) is 2.75. The van der Waals surface area contributed by atoms with Crippen molar-refractivity contribution in [3.05, 3.63) is 35.9 Å². The second kappa shape index (κ2) is 6.01. The van der Waals surface area contributed by atoms with Crippen LogP contribution in [0.15, 0.2) is 30.3 Å². The van der Waals surface area contributed by atoms with Crippen LogP contribution in [0, 0.1) is 5.92 Å². The first-order chi connectivity index (χ1) is 6.74. The van der Waals surface area contributed by atoms with E-state index < -0.39 is 5.97 Å². The van der Waals surface area contributed by atoms with Gasteiger partial charge in [0, 0.05) is 4.43 Å². The highest BCUT2D eigenvalue weighted by Gasteiger charge is 2.16. The third-order valence-electron chi connectivity index (χ3n) is 2.13. The van der Waals surface area contributed by atoms with Crippen LogP contribution in [0.25, 0.3) is 0 Å². The van der Waals surface area contributed by atoms with E-state index in [1.807, 2.05) is 30.3 Å². The van der Waals surface area contributed by atoms with Crippen molar-refractivity contribution < 1.29 is 9.90 Å². The lowest BCUT2D eigenvalue weighted by Crippen LogP contribution is -2.16. The zero-order valence-electron chi connectivity index (χ0n) is 7.82. The largest absolute Gasteiger partial charge is 0.481 e. The van der Waals surface area contributed by atoms with E-state index in [1.165, 1.54) is 0 Å². The average Bonchev–Trinajstić information content (AvgIpc) is 2.18. The van der Waals surface area contributed by atoms with Crippen LogP contribution in [-0.2, 0) is 11.2 Å². The van der Waals surface area contributed by atoms with Crippen LogP contribution in [0.4, 0.5) is 0 Å². The van der Waals surface area contributed by atoms with E-state index in [0.29, 0.717) is 6.42 Å². The molecule has 0 aliphatic carbocycles. The second-order valence-electron chi connectivity index (χ2n) is 3.20. The molecule has 0 saturated heterocycles. The lowest BCUT2D eigenvalue weighted by molar-refractivity contribution is -0.141. The minimum absolute atomic E-state index is 0.241. The summed E-state index contributed by atoms with van der Waals surface area (Å²) in [5.74, 6) is -0.931. The molecule has 14 heavy (non-hydrogen) atoms. The molecule has 0 aliphatic rings. The maximum absolute atomic E-state index is 10.9. The number of aliphatic carboxylic acids is 1. The molecular weight excluding hydrogens is 291 g/mol. The Kier molecular flexibility index (Phi) is 4.93. The van der Waals surface area contributed by atoms with E-state index in [4.69, 9.17) is 5.11 Å². The number of halogens is 1. The van der Waals surface area contributed by atoms with Crippen LogP contribution in [0.2, 0.25) is 0 Å². The fraction of sp³-hybridized carbons (Fsp3) is 0.364. The van der Waals surface area contributed by atoms with Crippen LogP contribution < -0.4 is 0 Å². The summed E-state index contributed by atoms with van der Waals surface area (Å²) in [6.07, 6.45) is 1.38. The Labute approximate surface area is 97.5 Å². The highest BCUT2D eigenvalue weighted by molar-refractivity contribution is 14.1. The van der Waals surface area contributed by atoms with Crippen molar-refractivity contribution in [3.63, 3.8) is 0 Å². The summed E-state index contributed by atoms with van der Waals surface area (Å²) in [4.78, 5) is 10.9. The highest BCUT2D eigenvalue weighted by Crippen LogP contribution is 2.13. The molecule has 0 unspecified atom stereocenters. The summed E-state index contributed by atoms with van der Waals surface area (Å²) in [5, 5.41) is 8.96. The SMILES string of the molecule is O=C(O)[C@H](CCI)Cc1ccccc1. The van der Waals surface area contributed by atoms with Gasteiger partial charge in [-0.3, -0.25) is 4.79 Å². The zero-order chi connectivity index (χ0) is 10.4. The van der Waals surface area contributed by atoms with Gasteiger partial charge in [-0.05, 0) is 18.4 Å². The summed E-state index contributed by atoms with van der Waals surface area (Å²) >= 11 is 2.22. The van der Waals surface area contributed by atoms with E-state index in [9.17, 15) is 4.79 Å². The molecule has 1 aromatic carbocycles. The molecule has 0 saturated carbocycles. The molecule has 0 spiro atoms. The Morgan fingerprint density at radius 3 is 2.50 bits per heavy atom. The first-order valence-electron chi connectivity index (χ1n) is 4.56. The molecule has 1 N–H and O–H groups in total. The topological polar surface area (TPSA) is 37.3 Å². The molecule has 0 bridgehead atoms. The van der Waals surface area contributed by atoms with Crippen LogP contribution >= 0.6 is 22.6 Å². The van der Waals surface area contributed by atoms with Crippen molar-refractivity contribution in [1.29, 1.82) is 0 Å². The molecule has 0 aromatic heterocycles. The molecule has 0 aliphatic heterocycles. The summed E-state index contributed by atoms with van der Waals surface area (Å²) in [7, 11) is 0. The predicted octanol–water partition coefficient (Wildman–Crippen LogP) is 2.76. The summed E-state index contributed by atoms with van der Waals surface area (Å²) in [6, 6.07) is 9.78. The predicted molar refractivity (Wildman–Crippen MR) is 64.8 cm³/mol. The van der Waals surface area contributed by atoms with Gasteiger partial charge in [0.25, 0.3) is 0 Å². The Balaban J connectivity index is 2.60. The van der Waals surface area contributed by atoms with E-state index in [2.05, 4.69) is 22.6 Å². The smallest absolute Gasteiger partial charge is 0.306 e. The summed E-state index contributed by atoms with van der Waals surface area (Å²) in [6.45, 7) is 0. The monoisotopic (exact) mass is 304 g/mol. The quantitative estimate of drug-likeness (QED) is 0.671. The number of carboxylic acid groups (broad SMARTS) is 1. The van der Waals surface area contributed by atoms with Crippen molar-refractivity contribution in [3.8, 4) is 0 Å². The van der Waals surface area contributed by atoms with Gasteiger partial charge in [-0.1, -0.05) is 52.9 Å². The highest BCUT2D eigenvalue weighted by atomic mass is 127. The van der Waals surface area contributed by atoms with Crippen LogP contribution in [0.5, 0.6) is 0 Å². The third kappa shape index (κ3) is 3.65. The van der Waals surface area contributed by atoms with Gasteiger partial charge < -0.3 is 5.11 Å². The number of hydrogen-bond donors (Lipinski definition) is 1. The first kappa shape index (κ1) is 11.5. The Hall–Kier alpha value is -0.580. The van der Waals surface area contributed by atoms with E-state index in [1.54, 1.807) is 0 Å². The Morgan fingerprint density at radius 2 is 2.00 bits per heavy atom. The Bertz CT molecular complexity index is 285. The molecule has 0 heterocycles. The van der Waals surface area contributed by atoms with Crippen molar-refractivity contribution in [2.75, 3.05) is 4.43 Å². The minimum atomic E-state index is -0.689. The first-order valence-corrected chi connectivity index (χ1v) is 6.09. The van der Waals surface area contributed by atoms with Crippen molar-refractivity contribution in [2.24, 2.45) is 5.92 Å².